The smallest absolute Gasteiger partial charge is 0.330 e. The monoisotopic (exact) mass is 186 g/mol. The van der Waals surface area contributed by atoms with Gasteiger partial charge in [0.2, 0.25) is 0 Å². The lowest BCUT2D eigenvalue weighted by atomic mass is 10.1. The Morgan fingerprint density at radius 3 is 2.15 bits per heavy atom. The standard InChI is InChI=1S/C5H8O2.C5H10O/c1-3-4(2)5(6)7;1-2-5-3-6-4-5/h3H,1-2H3,(H,6,7);5H,2-4H2,1H3. The maximum absolute atomic E-state index is 9.86. The van der Waals surface area contributed by atoms with Gasteiger partial charge in [-0.2, -0.15) is 0 Å². The molecule has 0 atom stereocenters. The van der Waals surface area contributed by atoms with E-state index in [2.05, 4.69) is 6.92 Å². The van der Waals surface area contributed by atoms with Gasteiger partial charge < -0.3 is 9.84 Å². The van der Waals surface area contributed by atoms with Crippen LogP contribution in [0.4, 0.5) is 0 Å². The highest BCUT2D eigenvalue weighted by atomic mass is 16.5. The van der Waals surface area contributed by atoms with Crippen LogP contribution in [-0.2, 0) is 9.53 Å². The van der Waals surface area contributed by atoms with E-state index in [9.17, 15) is 4.79 Å². The van der Waals surface area contributed by atoms with Crippen molar-refractivity contribution in [2.75, 3.05) is 13.2 Å². The van der Waals surface area contributed by atoms with Crippen molar-refractivity contribution in [3.05, 3.63) is 11.6 Å². The molecule has 1 saturated heterocycles. The second-order valence-corrected chi connectivity index (χ2v) is 3.09. The summed E-state index contributed by atoms with van der Waals surface area (Å²) in [5.41, 5.74) is 0.389. The van der Waals surface area contributed by atoms with E-state index in [1.807, 2.05) is 0 Å². The van der Waals surface area contributed by atoms with E-state index >= 15 is 0 Å². The number of carbonyl (C=O) groups is 1. The number of carboxylic acids is 1. The lowest BCUT2D eigenvalue weighted by molar-refractivity contribution is -0.132. The number of carboxylic acid groups (broad SMARTS) is 1. The Labute approximate surface area is 79.4 Å². The van der Waals surface area contributed by atoms with E-state index in [0.29, 0.717) is 5.57 Å². The highest BCUT2D eigenvalue weighted by Gasteiger charge is 2.14. The lowest BCUT2D eigenvalue weighted by Gasteiger charge is -2.23. The van der Waals surface area contributed by atoms with Gasteiger partial charge >= 0.3 is 5.97 Å². The van der Waals surface area contributed by atoms with E-state index in [4.69, 9.17) is 9.84 Å². The molecule has 1 aliphatic heterocycles. The molecule has 0 bridgehead atoms. The summed E-state index contributed by atoms with van der Waals surface area (Å²) in [5.74, 6) is 0.0486. The Bertz CT molecular complexity index is 178. The van der Waals surface area contributed by atoms with Crippen LogP contribution in [-0.4, -0.2) is 24.3 Å². The first kappa shape index (κ1) is 12.2. The molecule has 0 saturated carbocycles. The fourth-order valence-corrected chi connectivity index (χ4v) is 0.644. The molecule has 0 aromatic heterocycles. The quantitative estimate of drug-likeness (QED) is 0.671. The first-order valence-corrected chi connectivity index (χ1v) is 4.55. The largest absolute Gasteiger partial charge is 0.478 e. The first-order valence-electron chi connectivity index (χ1n) is 4.55. The Morgan fingerprint density at radius 1 is 1.62 bits per heavy atom. The molecule has 0 radical (unpaired) electrons. The van der Waals surface area contributed by atoms with Crippen LogP contribution >= 0.6 is 0 Å². The van der Waals surface area contributed by atoms with Gasteiger partial charge in [0.1, 0.15) is 0 Å². The molecule has 0 unspecified atom stereocenters. The van der Waals surface area contributed by atoms with Gasteiger partial charge in [-0.1, -0.05) is 13.0 Å². The molecule has 0 spiro atoms. The molecule has 0 aromatic carbocycles. The summed E-state index contributed by atoms with van der Waals surface area (Å²) in [6.07, 6.45) is 2.85. The Balaban J connectivity index is 0.000000223. The number of allylic oxidation sites excluding steroid dienone is 1. The van der Waals surface area contributed by atoms with Gasteiger partial charge in [-0.05, 0) is 20.3 Å². The molecule has 1 heterocycles. The number of rotatable bonds is 2. The van der Waals surface area contributed by atoms with Crippen molar-refractivity contribution in [2.45, 2.75) is 27.2 Å². The highest BCUT2D eigenvalue weighted by Crippen LogP contribution is 2.12. The second kappa shape index (κ2) is 6.66. The minimum Gasteiger partial charge on any atom is -0.478 e. The Kier molecular flexibility index (Phi) is 6.24. The summed E-state index contributed by atoms with van der Waals surface area (Å²) < 4.78 is 4.93. The Morgan fingerprint density at radius 2 is 2.15 bits per heavy atom. The van der Waals surface area contributed by atoms with Crippen LogP contribution in [0.15, 0.2) is 11.6 Å². The third kappa shape index (κ3) is 5.42. The van der Waals surface area contributed by atoms with Gasteiger partial charge in [0.15, 0.2) is 0 Å². The first-order chi connectivity index (χ1) is 6.11. The van der Waals surface area contributed by atoms with Gasteiger partial charge in [0.25, 0.3) is 0 Å². The van der Waals surface area contributed by atoms with Crippen LogP contribution in [0, 0.1) is 5.92 Å². The molecule has 13 heavy (non-hydrogen) atoms. The van der Waals surface area contributed by atoms with Gasteiger partial charge in [-0.3, -0.25) is 0 Å². The molecule has 0 aromatic rings. The maximum Gasteiger partial charge on any atom is 0.330 e. The molecule has 76 valence electrons. The van der Waals surface area contributed by atoms with E-state index in [1.54, 1.807) is 19.9 Å². The molecule has 1 N–H and O–H groups in total. The zero-order chi connectivity index (χ0) is 10.3. The van der Waals surface area contributed by atoms with E-state index in [1.165, 1.54) is 6.42 Å². The summed E-state index contributed by atoms with van der Waals surface area (Å²) >= 11 is 0. The van der Waals surface area contributed by atoms with Gasteiger partial charge in [-0.15, -0.1) is 0 Å². The van der Waals surface area contributed by atoms with Crippen LogP contribution in [0.5, 0.6) is 0 Å². The van der Waals surface area contributed by atoms with Crippen LogP contribution in [0.1, 0.15) is 27.2 Å². The number of hydrogen-bond donors (Lipinski definition) is 1. The SMILES string of the molecule is CC=C(C)C(=O)O.CCC1COC1. The van der Waals surface area contributed by atoms with Crippen molar-refractivity contribution in [3.8, 4) is 0 Å². The number of aliphatic carboxylic acids is 1. The van der Waals surface area contributed by atoms with Crippen LogP contribution in [0.2, 0.25) is 0 Å². The zero-order valence-corrected chi connectivity index (χ0v) is 8.54. The average Bonchev–Trinajstić information content (AvgIpc) is 2.02. The normalized spacial score (nSPS) is 17.0. The summed E-state index contributed by atoms with van der Waals surface area (Å²) in [7, 11) is 0. The molecular formula is C10H18O3. The van der Waals surface area contributed by atoms with Crippen molar-refractivity contribution in [1.82, 2.24) is 0 Å². The van der Waals surface area contributed by atoms with E-state index in [0.717, 1.165) is 19.1 Å². The molecule has 3 nitrogen and oxygen atoms in total. The maximum atomic E-state index is 9.86. The second-order valence-electron chi connectivity index (χ2n) is 3.09. The molecular weight excluding hydrogens is 168 g/mol. The lowest BCUT2D eigenvalue weighted by Crippen LogP contribution is -2.26. The van der Waals surface area contributed by atoms with Crippen molar-refractivity contribution in [1.29, 1.82) is 0 Å². The van der Waals surface area contributed by atoms with Gasteiger partial charge in [0.05, 0.1) is 13.2 Å². The molecule has 1 rings (SSSR count). The highest BCUT2D eigenvalue weighted by molar-refractivity contribution is 5.85. The summed E-state index contributed by atoms with van der Waals surface area (Å²) in [6.45, 7) is 7.48. The Hall–Kier alpha value is -0.830. The molecule has 0 aliphatic carbocycles. The third-order valence-corrected chi connectivity index (χ3v) is 2.05. The molecule has 0 amide bonds. The fraction of sp³-hybridized carbons (Fsp3) is 0.700. The van der Waals surface area contributed by atoms with Gasteiger partial charge in [-0.25, -0.2) is 4.79 Å². The van der Waals surface area contributed by atoms with Crippen LogP contribution in [0.25, 0.3) is 0 Å². The fourth-order valence-electron chi connectivity index (χ4n) is 0.644. The summed E-state index contributed by atoms with van der Waals surface area (Å²) in [4.78, 5) is 9.86. The van der Waals surface area contributed by atoms with Crippen molar-refractivity contribution in [2.24, 2.45) is 5.92 Å². The topological polar surface area (TPSA) is 46.5 Å². The van der Waals surface area contributed by atoms with E-state index in [-0.39, 0.29) is 0 Å². The van der Waals surface area contributed by atoms with Crippen molar-refractivity contribution < 1.29 is 14.6 Å². The molecule has 3 heteroatoms. The minimum absolute atomic E-state index is 0.389. The van der Waals surface area contributed by atoms with Crippen molar-refractivity contribution in [3.63, 3.8) is 0 Å². The van der Waals surface area contributed by atoms with E-state index < -0.39 is 5.97 Å². The third-order valence-electron chi connectivity index (χ3n) is 2.05. The zero-order valence-electron chi connectivity index (χ0n) is 8.54. The number of ether oxygens (including phenoxy) is 1. The molecule has 1 fully saturated rings. The average molecular weight is 186 g/mol. The van der Waals surface area contributed by atoms with Crippen LogP contribution < -0.4 is 0 Å². The van der Waals surface area contributed by atoms with Crippen molar-refractivity contribution >= 4 is 5.97 Å². The molecule has 1 aliphatic rings. The summed E-state index contributed by atoms with van der Waals surface area (Å²) in [6, 6.07) is 0. The predicted molar refractivity (Wildman–Crippen MR) is 51.7 cm³/mol. The predicted octanol–water partition coefficient (Wildman–Crippen LogP) is 2.08. The van der Waals surface area contributed by atoms with Gasteiger partial charge in [0, 0.05) is 11.5 Å². The minimum atomic E-state index is -0.845. The number of hydrogen-bond acceptors (Lipinski definition) is 2. The summed E-state index contributed by atoms with van der Waals surface area (Å²) in [5, 5.41) is 8.11. The van der Waals surface area contributed by atoms with Crippen LogP contribution in [0.3, 0.4) is 0 Å².